The van der Waals surface area contributed by atoms with Crippen LogP contribution in [0.3, 0.4) is 0 Å². The summed E-state index contributed by atoms with van der Waals surface area (Å²) in [4.78, 5) is 16.6. The average Bonchev–Trinajstić information content (AvgIpc) is 2.42. The fourth-order valence-corrected chi connectivity index (χ4v) is 2.25. The number of nitrogens with zero attached hydrogens (tertiary/aromatic N) is 1. The first kappa shape index (κ1) is 15.4. The highest BCUT2D eigenvalue weighted by Gasteiger charge is 2.25. The molecule has 0 spiro atoms. The van der Waals surface area contributed by atoms with Crippen LogP contribution in [0.2, 0.25) is 0 Å². The Kier molecular flexibility index (Phi) is 4.58. The molecular formula is C17H22N2O2. The average molecular weight is 286 g/mol. The largest absolute Gasteiger partial charge is 0.460 e. The lowest BCUT2D eigenvalue weighted by atomic mass is 9.97. The second kappa shape index (κ2) is 6.22. The molecule has 2 N–H and O–H groups in total. The maximum absolute atomic E-state index is 12.2. The number of para-hydroxylation sites is 1. The van der Waals surface area contributed by atoms with Crippen molar-refractivity contribution in [1.29, 1.82) is 0 Å². The van der Waals surface area contributed by atoms with Gasteiger partial charge in [0.15, 0.2) is 0 Å². The number of hydrogen-bond donors (Lipinski definition) is 1. The van der Waals surface area contributed by atoms with Crippen molar-refractivity contribution in [2.24, 2.45) is 11.7 Å². The number of hydrogen-bond acceptors (Lipinski definition) is 4. The first-order valence-corrected chi connectivity index (χ1v) is 7.16. The van der Waals surface area contributed by atoms with E-state index in [2.05, 4.69) is 4.98 Å². The molecule has 4 nitrogen and oxygen atoms in total. The molecule has 2 rings (SSSR count). The monoisotopic (exact) mass is 286 g/mol. The minimum absolute atomic E-state index is 0.252. The Morgan fingerprint density at radius 1 is 1.29 bits per heavy atom. The number of carbonyl (C=O) groups is 1. The van der Waals surface area contributed by atoms with Crippen molar-refractivity contribution in [3.8, 4) is 0 Å². The van der Waals surface area contributed by atoms with Gasteiger partial charge in [0, 0.05) is 18.1 Å². The van der Waals surface area contributed by atoms with Crippen LogP contribution in [-0.4, -0.2) is 23.1 Å². The maximum atomic E-state index is 12.2. The highest BCUT2D eigenvalue weighted by molar-refractivity contribution is 5.82. The molecule has 1 unspecified atom stereocenters. The van der Waals surface area contributed by atoms with Gasteiger partial charge in [-0.25, -0.2) is 0 Å². The van der Waals surface area contributed by atoms with E-state index in [0.717, 1.165) is 16.5 Å². The summed E-state index contributed by atoms with van der Waals surface area (Å²) in [5, 5.41) is 1.06. The van der Waals surface area contributed by atoms with Gasteiger partial charge in [-0.1, -0.05) is 24.3 Å². The van der Waals surface area contributed by atoms with Crippen molar-refractivity contribution in [3.05, 3.63) is 42.1 Å². The van der Waals surface area contributed by atoms with Crippen molar-refractivity contribution >= 4 is 16.9 Å². The molecule has 0 saturated carbocycles. The van der Waals surface area contributed by atoms with E-state index in [0.29, 0.717) is 6.42 Å². The van der Waals surface area contributed by atoms with E-state index in [9.17, 15) is 4.79 Å². The van der Waals surface area contributed by atoms with Crippen LogP contribution >= 0.6 is 0 Å². The molecule has 0 radical (unpaired) electrons. The molecule has 1 atom stereocenters. The van der Waals surface area contributed by atoms with Gasteiger partial charge >= 0.3 is 5.97 Å². The van der Waals surface area contributed by atoms with Crippen molar-refractivity contribution < 1.29 is 9.53 Å². The molecule has 0 aliphatic rings. The normalized spacial score (nSPS) is 13.1. The van der Waals surface area contributed by atoms with Crippen LogP contribution in [0.25, 0.3) is 10.9 Å². The van der Waals surface area contributed by atoms with Gasteiger partial charge in [0.1, 0.15) is 5.60 Å². The number of ether oxygens (including phenoxy) is 1. The Balaban J connectivity index is 2.23. The smallest absolute Gasteiger partial charge is 0.311 e. The lowest BCUT2D eigenvalue weighted by molar-refractivity contribution is -0.159. The number of esters is 1. The summed E-state index contributed by atoms with van der Waals surface area (Å²) in [5.41, 5.74) is 7.21. The highest BCUT2D eigenvalue weighted by atomic mass is 16.6. The minimum Gasteiger partial charge on any atom is -0.460 e. The molecule has 0 bridgehead atoms. The SMILES string of the molecule is CC(C)(C)OC(=O)C(CN)Cc1cccc2cccnc12. The van der Waals surface area contributed by atoms with Gasteiger partial charge in [0.05, 0.1) is 11.4 Å². The fourth-order valence-electron chi connectivity index (χ4n) is 2.25. The van der Waals surface area contributed by atoms with E-state index in [4.69, 9.17) is 10.5 Å². The Morgan fingerprint density at radius 2 is 2.00 bits per heavy atom. The molecule has 0 aliphatic heterocycles. The molecule has 1 aromatic heterocycles. The third kappa shape index (κ3) is 4.02. The summed E-state index contributed by atoms with van der Waals surface area (Å²) in [5.74, 6) is -0.602. The van der Waals surface area contributed by atoms with Crippen LogP contribution in [0.1, 0.15) is 26.3 Å². The van der Waals surface area contributed by atoms with Crippen LogP contribution < -0.4 is 5.73 Å². The molecule has 112 valence electrons. The zero-order valence-corrected chi connectivity index (χ0v) is 12.8. The van der Waals surface area contributed by atoms with E-state index in [-0.39, 0.29) is 18.4 Å². The van der Waals surface area contributed by atoms with E-state index in [1.54, 1.807) is 6.20 Å². The van der Waals surface area contributed by atoms with Gasteiger partial charge < -0.3 is 10.5 Å². The first-order chi connectivity index (χ1) is 9.90. The fraction of sp³-hybridized carbons (Fsp3) is 0.412. The first-order valence-electron chi connectivity index (χ1n) is 7.16. The van der Waals surface area contributed by atoms with Crippen LogP contribution in [0, 0.1) is 5.92 Å². The predicted octanol–water partition coefficient (Wildman–Crippen LogP) is 2.69. The standard InChI is InChI=1S/C17H22N2O2/c1-17(2,3)21-16(20)14(11-18)10-13-7-4-6-12-8-5-9-19-15(12)13/h4-9,14H,10-11,18H2,1-3H3. The number of carbonyl (C=O) groups excluding carboxylic acids is 1. The van der Waals surface area contributed by atoms with Gasteiger partial charge in [0.2, 0.25) is 0 Å². The second-order valence-electron chi connectivity index (χ2n) is 6.16. The third-order valence-corrected chi connectivity index (χ3v) is 3.21. The van der Waals surface area contributed by atoms with Crippen molar-refractivity contribution in [3.63, 3.8) is 0 Å². The molecule has 1 heterocycles. The lowest BCUT2D eigenvalue weighted by Gasteiger charge is -2.23. The van der Waals surface area contributed by atoms with Gasteiger partial charge in [0.25, 0.3) is 0 Å². The number of rotatable bonds is 4. The number of fused-ring (bicyclic) bond motifs is 1. The zero-order chi connectivity index (χ0) is 15.5. The summed E-state index contributed by atoms with van der Waals surface area (Å²) in [6.07, 6.45) is 2.30. The van der Waals surface area contributed by atoms with E-state index >= 15 is 0 Å². The molecule has 4 heteroatoms. The van der Waals surface area contributed by atoms with Crippen molar-refractivity contribution in [2.45, 2.75) is 32.8 Å². The van der Waals surface area contributed by atoms with E-state index in [1.807, 2.05) is 51.1 Å². The predicted molar refractivity (Wildman–Crippen MR) is 83.8 cm³/mol. The van der Waals surface area contributed by atoms with E-state index < -0.39 is 5.60 Å². The third-order valence-electron chi connectivity index (χ3n) is 3.21. The van der Waals surface area contributed by atoms with Crippen LogP contribution in [0.4, 0.5) is 0 Å². The van der Waals surface area contributed by atoms with E-state index in [1.165, 1.54) is 0 Å². The van der Waals surface area contributed by atoms with Crippen molar-refractivity contribution in [1.82, 2.24) is 4.98 Å². The van der Waals surface area contributed by atoms with Gasteiger partial charge in [-0.2, -0.15) is 0 Å². The summed E-state index contributed by atoms with van der Waals surface area (Å²) in [6, 6.07) is 9.89. The summed E-state index contributed by atoms with van der Waals surface area (Å²) < 4.78 is 5.44. The highest BCUT2D eigenvalue weighted by Crippen LogP contribution is 2.20. The molecule has 0 aliphatic carbocycles. The maximum Gasteiger partial charge on any atom is 0.311 e. The number of aromatic nitrogens is 1. The molecule has 21 heavy (non-hydrogen) atoms. The summed E-state index contributed by atoms with van der Waals surface area (Å²) in [6.45, 7) is 5.84. The molecule has 1 aromatic carbocycles. The van der Waals surface area contributed by atoms with Gasteiger partial charge in [-0.15, -0.1) is 0 Å². The number of pyridine rings is 1. The summed E-state index contributed by atoms with van der Waals surface area (Å²) >= 11 is 0. The molecular weight excluding hydrogens is 264 g/mol. The Morgan fingerprint density at radius 3 is 2.67 bits per heavy atom. The van der Waals surface area contributed by atoms with Crippen LogP contribution in [0.15, 0.2) is 36.5 Å². The Labute approximate surface area is 125 Å². The second-order valence-corrected chi connectivity index (χ2v) is 6.16. The molecule has 2 aromatic rings. The Bertz CT molecular complexity index is 627. The molecule has 0 amide bonds. The molecule has 0 fully saturated rings. The topological polar surface area (TPSA) is 65.2 Å². The zero-order valence-electron chi connectivity index (χ0n) is 12.8. The summed E-state index contributed by atoms with van der Waals surface area (Å²) in [7, 11) is 0. The number of benzene rings is 1. The quantitative estimate of drug-likeness (QED) is 0.878. The van der Waals surface area contributed by atoms with Crippen LogP contribution in [0.5, 0.6) is 0 Å². The van der Waals surface area contributed by atoms with Gasteiger partial charge in [-0.3, -0.25) is 9.78 Å². The lowest BCUT2D eigenvalue weighted by Crippen LogP contribution is -2.33. The molecule has 0 saturated heterocycles. The minimum atomic E-state index is -0.499. The Hall–Kier alpha value is -1.94. The van der Waals surface area contributed by atoms with Gasteiger partial charge in [-0.05, 0) is 38.8 Å². The van der Waals surface area contributed by atoms with Crippen LogP contribution in [-0.2, 0) is 16.0 Å². The number of nitrogens with two attached hydrogens (primary N) is 1. The van der Waals surface area contributed by atoms with Crippen molar-refractivity contribution in [2.75, 3.05) is 6.54 Å².